The highest BCUT2D eigenvalue weighted by molar-refractivity contribution is 7.22. The number of hydrazine groups is 1. The number of phenols is 1. The molecule has 2 aliphatic heterocycles. The molecule has 0 aliphatic carbocycles. The Morgan fingerprint density at radius 1 is 1.07 bits per heavy atom. The van der Waals surface area contributed by atoms with Gasteiger partial charge in [0, 0.05) is 26.1 Å². The van der Waals surface area contributed by atoms with Crippen molar-refractivity contribution < 1.29 is 19.5 Å². The summed E-state index contributed by atoms with van der Waals surface area (Å²) in [5, 5.41) is 16.0. The Hall–Kier alpha value is -4.45. The van der Waals surface area contributed by atoms with Gasteiger partial charge in [0.1, 0.15) is 18.0 Å². The Morgan fingerprint density at radius 3 is 2.59 bits per heavy atom. The maximum absolute atomic E-state index is 14.2. The van der Waals surface area contributed by atoms with Crippen molar-refractivity contribution in [2.24, 2.45) is 0 Å². The lowest BCUT2D eigenvalue weighted by molar-refractivity contribution is -0.189. The molecule has 6 rings (SSSR count). The maximum Gasteiger partial charge on any atom is 0.334 e. The van der Waals surface area contributed by atoms with Crippen LogP contribution in [0.1, 0.15) is 16.7 Å². The molecular formula is C32H31ClN6O4S. The summed E-state index contributed by atoms with van der Waals surface area (Å²) in [4.78, 5) is 49.6. The average molecular weight is 631 g/mol. The van der Waals surface area contributed by atoms with Gasteiger partial charge < -0.3 is 20.2 Å². The summed E-state index contributed by atoms with van der Waals surface area (Å²) in [5.74, 6) is -0.384. The van der Waals surface area contributed by atoms with Gasteiger partial charge in [0.2, 0.25) is 11.8 Å². The van der Waals surface area contributed by atoms with Gasteiger partial charge in [-0.25, -0.2) is 19.8 Å². The first-order chi connectivity index (χ1) is 21.3. The predicted molar refractivity (Wildman–Crippen MR) is 169 cm³/mol. The quantitative estimate of drug-likeness (QED) is 0.280. The predicted octanol–water partition coefficient (Wildman–Crippen LogP) is 4.39. The van der Waals surface area contributed by atoms with Gasteiger partial charge in [-0.3, -0.25) is 9.59 Å². The standard InChI is InChI=1S/C32H31ClN6O4S/c1-2-15-37-20-28(41)38-25(16-21-11-13-24(40)14-12-21)30(42)36(18-23-9-6-10-26-29(23)35-31(33)44-26)19-27(38)39(37)32(43)34-17-22-7-4-3-5-8-22/h2-14,25,27,40H,1,15-20H2,(H,34,43)/t25-,27-/m0/s1. The van der Waals surface area contributed by atoms with Gasteiger partial charge in [0.05, 0.1) is 23.3 Å². The zero-order chi connectivity index (χ0) is 30.8. The number of halogens is 1. The minimum atomic E-state index is -0.876. The minimum absolute atomic E-state index is 0.0860. The van der Waals surface area contributed by atoms with E-state index in [-0.39, 0.29) is 56.2 Å². The molecule has 3 aromatic carbocycles. The lowest BCUT2D eigenvalue weighted by Gasteiger charge is -2.55. The summed E-state index contributed by atoms with van der Waals surface area (Å²) in [5.41, 5.74) is 3.25. The molecule has 2 N–H and O–H groups in total. The Bertz CT molecular complexity index is 1700. The van der Waals surface area contributed by atoms with Crippen molar-refractivity contribution in [2.45, 2.75) is 31.7 Å². The van der Waals surface area contributed by atoms with Crippen molar-refractivity contribution in [3.8, 4) is 5.75 Å². The number of benzene rings is 3. The molecule has 0 saturated carbocycles. The van der Waals surface area contributed by atoms with Crippen molar-refractivity contribution in [1.29, 1.82) is 0 Å². The third kappa shape index (κ3) is 5.99. The van der Waals surface area contributed by atoms with E-state index in [1.807, 2.05) is 48.5 Å². The third-order valence-electron chi connectivity index (χ3n) is 7.87. The minimum Gasteiger partial charge on any atom is -0.508 e. The molecule has 10 nitrogen and oxygen atoms in total. The fourth-order valence-electron chi connectivity index (χ4n) is 5.87. The van der Waals surface area contributed by atoms with Gasteiger partial charge in [-0.15, -0.1) is 17.9 Å². The van der Waals surface area contributed by atoms with E-state index >= 15 is 0 Å². The lowest BCUT2D eigenvalue weighted by atomic mass is 9.98. The number of aromatic nitrogens is 1. The van der Waals surface area contributed by atoms with Crippen molar-refractivity contribution in [3.05, 3.63) is 107 Å². The Balaban J connectivity index is 1.37. The van der Waals surface area contributed by atoms with Crippen LogP contribution >= 0.6 is 22.9 Å². The molecule has 12 heteroatoms. The number of aromatic hydroxyl groups is 1. The number of amides is 4. The number of nitrogens with zero attached hydrogens (tertiary/aromatic N) is 5. The topological polar surface area (TPSA) is 109 Å². The highest BCUT2D eigenvalue weighted by atomic mass is 35.5. The van der Waals surface area contributed by atoms with E-state index in [0.717, 1.165) is 26.9 Å². The summed E-state index contributed by atoms with van der Waals surface area (Å²) in [6, 6.07) is 20.6. The molecule has 2 saturated heterocycles. The molecule has 3 heterocycles. The second kappa shape index (κ2) is 12.7. The van der Waals surface area contributed by atoms with Crippen LogP contribution in [0.2, 0.25) is 4.47 Å². The summed E-state index contributed by atoms with van der Waals surface area (Å²) < 4.78 is 1.32. The van der Waals surface area contributed by atoms with Crippen molar-refractivity contribution >= 4 is 51.0 Å². The summed E-state index contributed by atoms with van der Waals surface area (Å²) in [6.07, 6.45) is 1.09. The first kappa shape index (κ1) is 29.6. The van der Waals surface area contributed by atoms with Gasteiger partial charge in [0.15, 0.2) is 4.47 Å². The summed E-state index contributed by atoms with van der Waals surface area (Å²) in [7, 11) is 0. The molecule has 4 aromatic rings. The number of fused-ring (bicyclic) bond motifs is 2. The Kier molecular flexibility index (Phi) is 8.51. The Labute approximate surface area is 263 Å². The lowest BCUT2D eigenvalue weighted by Crippen LogP contribution is -2.76. The summed E-state index contributed by atoms with van der Waals surface area (Å²) in [6.45, 7) is 4.63. The molecule has 4 amide bonds. The van der Waals surface area contributed by atoms with Gasteiger partial charge in [-0.2, -0.15) is 0 Å². The first-order valence-electron chi connectivity index (χ1n) is 14.2. The van der Waals surface area contributed by atoms with E-state index in [1.54, 1.807) is 50.2 Å². The highest BCUT2D eigenvalue weighted by Gasteiger charge is 2.51. The maximum atomic E-state index is 14.2. The molecule has 44 heavy (non-hydrogen) atoms. The van der Waals surface area contributed by atoms with E-state index < -0.39 is 12.2 Å². The van der Waals surface area contributed by atoms with E-state index in [4.69, 9.17) is 11.6 Å². The van der Waals surface area contributed by atoms with Crippen LogP contribution in [-0.2, 0) is 29.1 Å². The van der Waals surface area contributed by atoms with Gasteiger partial charge in [-0.1, -0.05) is 72.3 Å². The molecule has 2 aliphatic rings. The molecular weight excluding hydrogens is 600 g/mol. The average Bonchev–Trinajstić information content (AvgIpc) is 3.41. The summed E-state index contributed by atoms with van der Waals surface area (Å²) >= 11 is 7.60. The van der Waals surface area contributed by atoms with Gasteiger partial charge >= 0.3 is 6.03 Å². The zero-order valence-electron chi connectivity index (χ0n) is 23.8. The number of carbonyl (C=O) groups is 3. The van der Waals surface area contributed by atoms with Crippen molar-refractivity contribution in [1.82, 2.24) is 30.1 Å². The molecule has 2 atom stereocenters. The monoisotopic (exact) mass is 630 g/mol. The van der Waals surface area contributed by atoms with E-state index in [0.29, 0.717) is 11.0 Å². The van der Waals surface area contributed by atoms with Crippen LogP contribution in [0.25, 0.3) is 10.2 Å². The SMILES string of the molecule is C=CCN1CC(=O)N2[C@@H](Cc3ccc(O)cc3)C(=O)N(Cc3cccc4sc(Cl)nc34)C[C@@H]2N1C(=O)NCc1ccccc1. The number of hydrogen-bond donors (Lipinski definition) is 2. The van der Waals surface area contributed by atoms with E-state index in [9.17, 15) is 19.5 Å². The number of rotatable bonds is 8. The molecule has 0 radical (unpaired) electrons. The van der Waals surface area contributed by atoms with Crippen LogP contribution in [0.4, 0.5) is 4.79 Å². The van der Waals surface area contributed by atoms with E-state index in [2.05, 4.69) is 16.9 Å². The third-order valence-corrected chi connectivity index (χ3v) is 8.99. The second-order valence-corrected chi connectivity index (χ2v) is 12.4. The van der Waals surface area contributed by atoms with E-state index in [1.165, 1.54) is 11.3 Å². The van der Waals surface area contributed by atoms with Crippen LogP contribution in [-0.4, -0.2) is 79.6 Å². The number of urea groups is 1. The molecule has 226 valence electrons. The smallest absolute Gasteiger partial charge is 0.334 e. The second-order valence-electron chi connectivity index (χ2n) is 10.7. The van der Waals surface area contributed by atoms with Crippen LogP contribution in [0.3, 0.4) is 0 Å². The molecule has 2 fully saturated rings. The first-order valence-corrected chi connectivity index (χ1v) is 15.4. The number of thiazole rings is 1. The highest BCUT2D eigenvalue weighted by Crippen LogP contribution is 2.32. The van der Waals surface area contributed by atoms with Gasteiger partial charge in [-0.05, 0) is 34.9 Å². The number of phenolic OH excluding ortho intramolecular Hbond substituents is 1. The molecule has 0 unspecified atom stereocenters. The molecule has 0 bridgehead atoms. The fourth-order valence-corrected chi connectivity index (χ4v) is 6.94. The number of nitrogens with one attached hydrogen (secondary N) is 1. The fraction of sp³-hybridized carbons (Fsp3) is 0.250. The van der Waals surface area contributed by atoms with Crippen LogP contribution in [0.15, 0.2) is 85.5 Å². The normalized spacial score (nSPS) is 18.9. The van der Waals surface area contributed by atoms with Crippen LogP contribution in [0.5, 0.6) is 5.75 Å². The number of para-hydroxylation sites is 1. The van der Waals surface area contributed by atoms with Crippen LogP contribution < -0.4 is 5.32 Å². The van der Waals surface area contributed by atoms with Crippen molar-refractivity contribution in [3.63, 3.8) is 0 Å². The van der Waals surface area contributed by atoms with Crippen LogP contribution in [0, 0.1) is 0 Å². The zero-order valence-corrected chi connectivity index (χ0v) is 25.4. The number of carbonyl (C=O) groups excluding carboxylic acids is 3. The molecule has 1 aromatic heterocycles. The van der Waals surface area contributed by atoms with Gasteiger partial charge in [0.25, 0.3) is 0 Å². The molecule has 0 spiro atoms. The largest absolute Gasteiger partial charge is 0.508 e. The number of hydrogen-bond acceptors (Lipinski definition) is 7. The number of piperazine rings is 1. The Morgan fingerprint density at radius 2 is 1.84 bits per heavy atom. The van der Waals surface area contributed by atoms with Crippen molar-refractivity contribution in [2.75, 3.05) is 19.6 Å².